The van der Waals surface area contributed by atoms with Gasteiger partial charge in [0.15, 0.2) is 0 Å². The van der Waals surface area contributed by atoms with E-state index in [9.17, 15) is 0 Å². The molecule has 0 saturated carbocycles. The van der Waals surface area contributed by atoms with E-state index in [-0.39, 0.29) is 0 Å². The molecule has 0 radical (unpaired) electrons. The molecule has 1 fully saturated rings. The van der Waals surface area contributed by atoms with Gasteiger partial charge in [-0.2, -0.15) is 0 Å². The number of nitrogens with zero attached hydrogens (tertiary/aromatic N) is 1. The summed E-state index contributed by atoms with van der Waals surface area (Å²) in [6.45, 7) is 8.45. The summed E-state index contributed by atoms with van der Waals surface area (Å²) >= 11 is 3.49. The summed E-state index contributed by atoms with van der Waals surface area (Å²) < 4.78 is 6.51. The quantitative estimate of drug-likeness (QED) is 0.771. The molecule has 1 aliphatic heterocycles. The molecule has 1 atom stereocenters. The number of rotatable bonds is 7. The van der Waals surface area contributed by atoms with E-state index in [0.29, 0.717) is 6.04 Å². The summed E-state index contributed by atoms with van der Waals surface area (Å²) in [6.07, 6.45) is 2.33. The molecular weight excluding hydrogens is 316 g/mol. The zero-order valence-electron chi connectivity index (χ0n) is 12.3. The van der Waals surface area contributed by atoms with Gasteiger partial charge in [-0.05, 0) is 43.6 Å². The Bertz CT molecular complexity index is 377. The minimum Gasteiger partial charge on any atom is -0.379 e. The van der Waals surface area contributed by atoms with Crippen molar-refractivity contribution in [3.05, 3.63) is 34.3 Å². The summed E-state index contributed by atoms with van der Waals surface area (Å²) in [4.78, 5) is 2.49. The predicted molar refractivity (Wildman–Crippen MR) is 87.1 cm³/mol. The van der Waals surface area contributed by atoms with Gasteiger partial charge in [0.1, 0.15) is 0 Å². The van der Waals surface area contributed by atoms with Gasteiger partial charge < -0.3 is 10.1 Å². The zero-order chi connectivity index (χ0) is 14.2. The number of benzene rings is 1. The zero-order valence-corrected chi connectivity index (χ0v) is 13.9. The second-order valence-corrected chi connectivity index (χ2v) is 6.19. The van der Waals surface area contributed by atoms with Crippen LogP contribution in [0.1, 0.15) is 31.4 Å². The van der Waals surface area contributed by atoms with E-state index in [0.717, 1.165) is 43.7 Å². The van der Waals surface area contributed by atoms with Crippen molar-refractivity contribution in [1.29, 1.82) is 0 Å². The fourth-order valence-electron chi connectivity index (χ4n) is 2.60. The number of hydrogen-bond donors (Lipinski definition) is 1. The van der Waals surface area contributed by atoms with Gasteiger partial charge in [-0.1, -0.05) is 35.0 Å². The maximum Gasteiger partial charge on any atom is 0.0594 e. The lowest BCUT2D eigenvalue weighted by Gasteiger charge is -2.27. The van der Waals surface area contributed by atoms with Crippen LogP contribution in [0.15, 0.2) is 28.7 Å². The highest BCUT2D eigenvalue weighted by Crippen LogP contribution is 2.19. The van der Waals surface area contributed by atoms with Crippen LogP contribution in [-0.2, 0) is 4.74 Å². The SMILES string of the molecule is CCC(NCCCN1CCOCC1)c1ccc(Br)cc1. The van der Waals surface area contributed by atoms with Gasteiger partial charge in [0.25, 0.3) is 0 Å². The minimum atomic E-state index is 0.466. The monoisotopic (exact) mass is 340 g/mol. The number of hydrogen-bond acceptors (Lipinski definition) is 3. The first kappa shape index (κ1) is 16.0. The Morgan fingerprint density at radius 1 is 1.25 bits per heavy atom. The smallest absolute Gasteiger partial charge is 0.0594 e. The average molecular weight is 341 g/mol. The molecule has 2 rings (SSSR count). The molecule has 20 heavy (non-hydrogen) atoms. The van der Waals surface area contributed by atoms with Crippen LogP contribution in [0.3, 0.4) is 0 Å². The van der Waals surface area contributed by atoms with Crippen molar-refractivity contribution in [2.24, 2.45) is 0 Å². The Labute approximate surface area is 130 Å². The number of halogens is 1. The summed E-state index contributed by atoms with van der Waals surface area (Å²) in [5, 5.41) is 3.67. The number of morpholine rings is 1. The van der Waals surface area contributed by atoms with Gasteiger partial charge >= 0.3 is 0 Å². The lowest BCUT2D eigenvalue weighted by atomic mass is 10.0. The molecule has 4 heteroatoms. The van der Waals surface area contributed by atoms with Gasteiger partial charge in [0, 0.05) is 23.6 Å². The summed E-state index contributed by atoms with van der Waals surface area (Å²) in [5.41, 5.74) is 1.38. The molecule has 0 amide bonds. The minimum absolute atomic E-state index is 0.466. The molecular formula is C16H25BrN2O. The fourth-order valence-corrected chi connectivity index (χ4v) is 2.86. The van der Waals surface area contributed by atoms with Crippen molar-refractivity contribution >= 4 is 15.9 Å². The highest BCUT2D eigenvalue weighted by atomic mass is 79.9. The Morgan fingerprint density at radius 3 is 2.60 bits per heavy atom. The van der Waals surface area contributed by atoms with E-state index in [1.165, 1.54) is 18.5 Å². The molecule has 0 aromatic heterocycles. The summed E-state index contributed by atoms with van der Waals surface area (Å²) in [6, 6.07) is 9.11. The molecule has 1 heterocycles. The Kier molecular flexibility index (Phi) is 7.00. The van der Waals surface area contributed by atoms with Crippen LogP contribution >= 0.6 is 15.9 Å². The molecule has 1 N–H and O–H groups in total. The van der Waals surface area contributed by atoms with Gasteiger partial charge in [-0.15, -0.1) is 0 Å². The first-order valence-electron chi connectivity index (χ1n) is 7.58. The third-order valence-electron chi connectivity index (χ3n) is 3.83. The van der Waals surface area contributed by atoms with Crippen LogP contribution in [0.5, 0.6) is 0 Å². The molecule has 1 aromatic rings. The molecule has 112 valence electrons. The van der Waals surface area contributed by atoms with Crippen LogP contribution in [0, 0.1) is 0 Å². The van der Waals surface area contributed by atoms with E-state index in [1.54, 1.807) is 0 Å². The maximum atomic E-state index is 5.37. The average Bonchev–Trinajstić information content (AvgIpc) is 2.50. The summed E-state index contributed by atoms with van der Waals surface area (Å²) in [5.74, 6) is 0. The molecule has 0 bridgehead atoms. The topological polar surface area (TPSA) is 24.5 Å². The van der Waals surface area contributed by atoms with Gasteiger partial charge in [-0.3, -0.25) is 4.90 Å². The van der Waals surface area contributed by atoms with Crippen LogP contribution in [-0.4, -0.2) is 44.3 Å². The second-order valence-electron chi connectivity index (χ2n) is 5.27. The predicted octanol–water partition coefficient (Wildman–Crippen LogP) is 3.21. The Hall–Kier alpha value is -0.420. The third-order valence-corrected chi connectivity index (χ3v) is 4.35. The lowest BCUT2D eigenvalue weighted by molar-refractivity contribution is 0.0374. The van der Waals surface area contributed by atoms with Crippen molar-refractivity contribution in [1.82, 2.24) is 10.2 Å². The second kappa shape index (κ2) is 8.78. The van der Waals surface area contributed by atoms with Crippen LogP contribution in [0.2, 0.25) is 0 Å². The molecule has 1 aromatic carbocycles. The van der Waals surface area contributed by atoms with E-state index < -0.39 is 0 Å². The van der Waals surface area contributed by atoms with Crippen molar-refractivity contribution in [2.75, 3.05) is 39.4 Å². The largest absolute Gasteiger partial charge is 0.379 e. The van der Waals surface area contributed by atoms with Gasteiger partial charge in [0.2, 0.25) is 0 Å². The van der Waals surface area contributed by atoms with E-state index >= 15 is 0 Å². The van der Waals surface area contributed by atoms with Crippen LogP contribution in [0.4, 0.5) is 0 Å². The van der Waals surface area contributed by atoms with E-state index in [2.05, 4.69) is 57.3 Å². The molecule has 1 aliphatic rings. The molecule has 1 saturated heterocycles. The van der Waals surface area contributed by atoms with Gasteiger partial charge in [-0.25, -0.2) is 0 Å². The van der Waals surface area contributed by atoms with E-state index in [1.807, 2.05) is 0 Å². The molecule has 0 spiro atoms. The van der Waals surface area contributed by atoms with Crippen LogP contribution in [0.25, 0.3) is 0 Å². The highest BCUT2D eigenvalue weighted by Gasteiger charge is 2.11. The Morgan fingerprint density at radius 2 is 1.95 bits per heavy atom. The van der Waals surface area contributed by atoms with Crippen LogP contribution < -0.4 is 5.32 Å². The van der Waals surface area contributed by atoms with Crippen molar-refractivity contribution in [3.8, 4) is 0 Å². The van der Waals surface area contributed by atoms with Crippen molar-refractivity contribution in [3.63, 3.8) is 0 Å². The first-order chi connectivity index (χ1) is 9.79. The van der Waals surface area contributed by atoms with Crippen molar-refractivity contribution in [2.45, 2.75) is 25.8 Å². The number of nitrogens with one attached hydrogen (secondary N) is 1. The normalized spacial score (nSPS) is 18.1. The summed E-state index contributed by atoms with van der Waals surface area (Å²) in [7, 11) is 0. The van der Waals surface area contributed by atoms with Gasteiger partial charge in [0.05, 0.1) is 13.2 Å². The molecule has 0 aliphatic carbocycles. The Balaban J connectivity index is 1.69. The lowest BCUT2D eigenvalue weighted by Crippen LogP contribution is -2.37. The fraction of sp³-hybridized carbons (Fsp3) is 0.625. The third kappa shape index (κ3) is 5.17. The molecule has 3 nitrogen and oxygen atoms in total. The number of ether oxygens (including phenoxy) is 1. The molecule has 1 unspecified atom stereocenters. The maximum absolute atomic E-state index is 5.37. The first-order valence-corrected chi connectivity index (χ1v) is 8.38. The van der Waals surface area contributed by atoms with E-state index in [4.69, 9.17) is 4.74 Å². The van der Waals surface area contributed by atoms with Crippen molar-refractivity contribution < 1.29 is 4.74 Å². The standard InChI is InChI=1S/C16H25BrN2O/c1-2-16(14-4-6-15(17)7-5-14)18-8-3-9-19-10-12-20-13-11-19/h4-7,16,18H,2-3,8-13H2,1H3. The highest BCUT2D eigenvalue weighted by molar-refractivity contribution is 9.10.